The summed E-state index contributed by atoms with van der Waals surface area (Å²) in [5.41, 5.74) is 5.81. The number of aryl methyl sites for hydroxylation is 2. The fourth-order valence-corrected chi connectivity index (χ4v) is 1.00. The molecule has 0 amide bonds. The second-order valence-electron chi connectivity index (χ2n) is 2.39. The molecule has 0 atom stereocenters. The monoisotopic (exact) mass is 154 g/mol. The number of nitrogen functional groups attached to an aromatic ring is 1. The molecule has 0 aliphatic heterocycles. The summed E-state index contributed by atoms with van der Waals surface area (Å²) in [4.78, 5) is 11.1. The number of nitrogens with zero attached hydrogens (tertiary/aromatic N) is 1. The summed E-state index contributed by atoms with van der Waals surface area (Å²) < 4.78 is 1.30. The third kappa shape index (κ3) is 1.04. The Kier molecular flexibility index (Phi) is 1.56. The van der Waals surface area contributed by atoms with Crippen LogP contribution in [-0.2, 0) is 7.05 Å². The van der Waals surface area contributed by atoms with Gasteiger partial charge in [0.1, 0.15) is 11.4 Å². The van der Waals surface area contributed by atoms with Gasteiger partial charge in [-0.05, 0) is 6.92 Å². The molecule has 11 heavy (non-hydrogen) atoms. The number of nitrogens with two attached hydrogens (primary N) is 1. The van der Waals surface area contributed by atoms with Crippen LogP contribution in [0.5, 0.6) is 0 Å². The summed E-state index contributed by atoms with van der Waals surface area (Å²) >= 11 is 0. The van der Waals surface area contributed by atoms with E-state index >= 15 is 0 Å². The van der Waals surface area contributed by atoms with Gasteiger partial charge in [-0.1, -0.05) is 0 Å². The Bertz CT molecular complexity index is 346. The van der Waals surface area contributed by atoms with E-state index < -0.39 is 0 Å². The van der Waals surface area contributed by atoms with Crippen molar-refractivity contribution in [1.82, 2.24) is 9.78 Å². The van der Waals surface area contributed by atoms with E-state index in [0.717, 1.165) is 0 Å². The average Bonchev–Trinajstić information content (AvgIpc) is 2.07. The van der Waals surface area contributed by atoms with Crippen LogP contribution in [0.15, 0.2) is 4.79 Å². The molecule has 60 valence electrons. The first-order valence-corrected chi connectivity index (χ1v) is 3.14. The molecule has 0 spiro atoms. The van der Waals surface area contributed by atoms with Gasteiger partial charge in [0.15, 0.2) is 0 Å². The second kappa shape index (κ2) is 2.26. The third-order valence-electron chi connectivity index (χ3n) is 1.50. The number of aromatic nitrogens is 2. The van der Waals surface area contributed by atoms with Crippen LogP contribution < -0.4 is 11.3 Å². The maximum atomic E-state index is 11.1. The molecule has 4 N–H and O–H groups in total. The fourth-order valence-electron chi connectivity index (χ4n) is 1.00. The Morgan fingerprint density at radius 1 is 1.73 bits per heavy atom. The summed E-state index contributed by atoms with van der Waals surface area (Å²) in [5, 5.41) is 9.82. The molecule has 5 nitrogen and oxygen atoms in total. The number of rotatable bonds is 1. The van der Waals surface area contributed by atoms with E-state index in [9.17, 15) is 4.79 Å². The first-order valence-electron chi connectivity index (χ1n) is 3.14. The molecule has 1 rings (SSSR count). The Morgan fingerprint density at radius 3 is 2.45 bits per heavy atom. The molecule has 0 bridgehead atoms. The van der Waals surface area contributed by atoms with Gasteiger partial charge in [0.2, 0.25) is 0 Å². The maximum absolute atomic E-state index is 11.1. The highest BCUT2D eigenvalue weighted by molar-refractivity contribution is 5.95. The normalized spacial score (nSPS) is 10.0. The third-order valence-corrected chi connectivity index (χ3v) is 1.50. The Balaban J connectivity index is 3.47. The van der Waals surface area contributed by atoms with Gasteiger partial charge in [0.05, 0.1) is 0 Å². The van der Waals surface area contributed by atoms with E-state index in [2.05, 4.69) is 5.10 Å². The summed E-state index contributed by atoms with van der Waals surface area (Å²) in [6.07, 6.45) is 0. The first-order chi connectivity index (χ1) is 5.04. The van der Waals surface area contributed by atoms with Crippen molar-refractivity contribution in [2.24, 2.45) is 12.8 Å². The van der Waals surface area contributed by atoms with E-state index in [-0.39, 0.29) is 17.0 Å². The Hall–Kier alpha value is -1.52. The minimum Gasteiger partial charge on any atom is -0.383 e. The molecule has 0 saturated carbocycles. The standard InChI is InChI=1S/C6H10N4O/c1-3-4(5(7)8)6(11)10(2)9-3/h9H,1-2H3,(H3,7,8). The minimum absolute atomic E-state index is 0.190. The summed E-state index contributed by atoms with van der Waals surface area (Å²) in [5.74, 6) is -0.190. The highest BCUT2D eigenvalue weighted by Gasteiger charge is 2.10. The number of nitrogens with one attached hydrogen (secondary N) is 2. The minimum atomic E-state index is -0.255. The Labute approximate surface area is 63.3 Å². The molecule has 1 aromatic rings. The second-order valence-corrected chi connectivity index (χ2v) is 2.39. The molecular formula is C6H10N4O. The zero-order valence-corrected chi connectivity index (χ0v) is 6.43. The molecule has 0 aliphatic rings. The quantitative estimate of drug-likeness (QED) is 0.369. The highest BCUT2D eigenvalue weighted by Crippen LogP contribution is 1.95. The highest BCUT2D eigenvalue weighted by atomic mass is 16.1. The van der Waals surface area contributed by atoms with Gasteiger partial charge in [0.25, 0.3) is 5.56 Å². The smallest absolute Gasteiger partial charge is 0.277 e. The summed E-state index contributed by atoms with van der Waals surface area (Å²) in [6, 6.07) is 0. The Morgan fingerprint density at radius 2 is 2.27 bits per heavy atom. The van der Waals surface area contributed by atoms with Crippen LogP contribution in [0.4, 0.5) is 0 Å². The van der Waals surface area contributed by atoms with Crippen molar-refractivity contribution < 1.29 is 0 Å². The number of aromatic amines is 1. The van der Waals surface area contributed by atoms with Crippen molar-refractivity contribution in [3.8, 4) is 0 Å². The van der Waals surface area contributed by atoms with Crippen molar-refractivity contribution >= 4 is 5.84 Å². The van der Waals surface area contributed by atoms with Crippen LogP contribution in [0.2, 0.25) is 0 Å². The topological polar surface area (TPSA) is 87.7 Å². The SMILES string of the molecule is Cc1[nH]n(C)c(=O)c1C(=N)N. The number of hydrogen-bond donors (Lipinski definition) is 3. The molecule has 0 unspecified atom stereocenters. The van der Waals surface area contributed by atoms with Crippen molar-refractivity contribution in [1.29, 1.82) is 5.41 Å². The predicted molar refractivity (Wildman–Crippen MR) is 41.8 cm³/mol. The van der Waals surface area contributed by atoms with E-state index in [4.69, 9.17) is 11.1 Å². The lowest BCUT2D eigenvalue weighted by Crippen LogP contribution is -2.23. The van der Waals surface area contributed by atoms with Crippen LogP contribution in [0.3, 0.4) is 0 Å². The molecule has 0 radical (unpaired) electrons. The molecule has 1 heterocycles. The van der Waals surface area contributed by atoms with Gasteiger partial charge in [-0.2, -0.15) is 0 Å². The summed E-state index contributed by atoms with van der Waals surface area (Å²) in [7, 11) is 1.59. The average molecular weight is 154 g/mol. The first kappa shape index (κ1) is 7.59. The van der Waals surface area contributed by atoms with Crippen molar-refractivity contribution in [3.05, 3.63) is 21.6 Å². The summed E-state index contributed by atoms with van der Waals surface area (Å²) in [6.45, 7) is 1.71. The van der Waals surface area contributed by atoms with Crippen molar-refractivity contribution in [2.75, 3.05) is 0 Å². The van der Waals surface area contributed by atoms with Crippen LogP contribution in [0.25, 0.3) is 0 Å². The molecular weight excluding hydrogens is 144 g/mol. The fraction of sp³-hybridized carbons (Fsp3) is 0.333. The van der Waals surface area contributed by atoms with Gasteiger partial charge in [-0.15, -0.1) is 0 Å². The van der Waals surface area contributed by atoms with Crippen LogP contribution in [0, 0.1) is 12.3 Å². The van der Waals surface area contributed by atoms with Crippen LogP contribution >= 0.6 is 0 Å². The van der Waals surface area contributed by atoms with Crippen molar-refractivity contribution in [3.63, 3.8) is 0 Å². The van der Waals surface area contributed by atoms with E-state index in [1.54, 1.807) is 14.0 Å². The van der Waals surface area contributed by atoms with Crippen molar-refractivity contribution in [2.45, 2.75) is 6.92 Å². The molecule has 0 aliphatic carbocycles. The lowest BCUT2D eigenvalue weighted by molar-refractivity contribution is 0.731. The molecule has 1 aromatic heterocycles. The van der Waals surface area contributed by atoms with Gasteiger partial charge < -0.3 is 5.73 Å². The van der Waals surface area contributed by atoms with Gasteiger partial charge in [-0.25, -0.2) is 0 Å². The number of hydrogen-bond acceptors (Lipinski definition) is 2. The molecule has 0 saturated heterocycles. The molecule has 0 fully saturated rings. The predicted octanol–water partition coefficient (Wildman–Crippen LogP) is -0.694. The largest absolute Gasteiger partial charge is 0.383 e. The molecule has 5 heteroatoms. The lowest BCUT2D eigenvalue weighted by atomic mass is 10.2. The van der Waals surface area contributed by atoms with Gasteiger partial charge in [0, 0.05) is 12.7 Å². The van der Waals surface area contributed by atoms with Crippen LogP contribution in [0.1, 0.15) is 11.3 Å². The van der Waals surface area contributed by atoms with E-state index in [1.165, 1.54) is 4.68 Å². The lowest BCUT2D eigenvalue weighted by Gasteiger charge is -1.89. The van der Waals surface area contributed by atoms with Gasteiger partial charge >= 0.3 is 0 Å². The van der Waals surface area contributed by atoms with Crippen LogP contribution in [-0.4, -0.2) is 15.6 Å². The van der Waals surface area contributed by atoms with Gasteiger partial charge in [-0.3, -0.25) is 20.0 Å². The zero-order valence-electron chi connectivity index (χ0n) is 6.43. The van der Waals surface area contributed by atoms with E-state index in [1.807, 2.05) is 0 Å². The molecule has 0 aromatic carbocycles. The van der Waals surface area contributed by atoms with E-state index in [0.29, 0.717) is 5.69 Å². The zero-order chi connectivity index (χ0) is 8.59. The number of H-pyrrole nitrogens is 1. The number of amidine groups is 1. The maximum Gasteiger partial charge on any atom is 0.277 e.